The van der Waals surface area contributed by atoms with Crippen LogP contribution in [0, 0.1) is 0 Å². The number of carbonyl (C=O) groups excluding carboxylic acids is 4. The summed E-state index contributed by atoms with van der Waals surface area (Å²) in [6.45, 7) is -0.327. The van der Waals surface area contributed by atoms with Crippen molar-refractivity contribution >= 4 is 79.2 Å². The number of anilines is 1. The Hall–Kier alpha value is -2.24. The molecule has 0 aliphatic carbocycles. The number of aliphatic carboxylic acids is 2. The van der Waals surface area contributed by atoms with Crippen LogP contribution < -0.4 is 15.1 Å². The van der Waals surface area contributed by atoms with Gasteiger partial charge in [0.15, 0.2) is 0 Å². The number of rotatable bonds is 8. The first kappa shape index (κ1) is 22.4. The third kappa shape index (κ3) is 4.57. The largest absolute Gasteiger partial charge is 0.550 e. The standard InChI is InChI=1S/C19H17BrN2O6S2/c20-10-5-6-12-11(8-10)15(17(27)22(12)9-14(25)26)16-18(28)21(19(29)30-16)7-3-1-2-4-13(23)24/h5-6,8H,1-4,7,9H2,(H,23,24)(H,25,26)/p-2/b16-15-. The zero-order chi connectivity index (χ0) is 22.0. The first-order chi connectivity index (χ1) is 14.2. The van der Waals surface area contributed by atoms with E-state index >= 15 is 0 Å². The van der Waals surface area contributed by atoms with Crippen molar-refractivity contribution in [1.29, 1.82) is 0 Å². The zero-order valence-corrected chi connectivity index (χ0v) is 18.7. The summed E-state index contributed by atoms with van der Waals surface area (Å²) in [6, 6.07) is 4.94. The number of unbranched alkanes of at least 4 members (excludes halogenated alkanes) is 2. The molecule has 2 heterocycles. The first-order valence-electron chi connectivity index (χ1n) is 9.00. The maximum absolute atomic E-state index is 13.0. The predicted octanol–water partition coefficient (Wildman–Crippen LogP) is 0.427. The number of fused-ring (bicyclic) bond motifs is 1. The number of nitrogens with zero attached hydrogens (tertiary/aromatic N) is 2. The van der Waals surface area contributed by atoms with E-state index in [9.17, 15) is 29.4 Å². The minimum absolute atomic E-state index is 0.0448. The summed E-state index contributed by atoms with van der Waals surface area (Å²) in [7, 11) is 0. The van der Waals surface area contributed by atoms with E-state index in [-0.39, 0.29) is 16.9 Å². The summed E-state index contributed by atoms with van der Waals surface area (Å²) in [6.07, 6.45) is 1.54. The molecule has 0 bridgehead atoms. The van der Waals surface area contributed by atoms with E-state index in [1.165, 1.54) is 4.90 Å². The van der Waals surface area contributed by atoms with Gasteiger partial charge in [0, 0.05) is 22.6 Å². The third-order valence-corrected chi connectivity index (χ3v) is 6.55. The lowest BCUT2D eigenvalue weighted by Gasteiger charge is -2.17. The van der Waals surface area contributed by atoms with Gasteiger partial charge in [-0.1, -0.05) is 46.3 Å². The molecule has 0 spiro atoms. The molecule has 0 aromatic heterocycles. The van der Waals surface area contributed by atoms with Gasteiger partial charge in [-0.2, -0.15) is 0 Å². The molecule has 0 N–H and O–H groups in total. The summed E-state index contributed by atoms with van der Waals surface area (Å²) in [5, 5.41) is 21.6. The van der Waals surface area contributed by atoms with Crippen LogP contribution in [0.3, 0.4) is 0 Å². The Kier molecular flexibility index (Phi) is 6.94. The summed E-state index contributed by atoms with van der Waals surface area (Å²) in [4.78, 5) is 50.2. The maximum Gasteiger partial charge on any atom is 0.267 e. The molecule has 8 nitrogen and oxygen atoms in total. The van der Waals surface area contributed by atoms with E-state index in [1.54, 1.807) is 18.2 Å². The van der Waals surface area contributed by atoms with Crippen molar-refractivity contribution in [3.8, 4) is 0 Å². The Labute approximate surface area is 190 Å². The Morgan fingerprint density at radius 2 is 1.77 bits per heavy atom. The Balaban J connectivity index is 1.87. The highest BCUT2D eigenvalue weighted by Gasteiger charge is 2.41. The number of thioether (sulfide) groups is 1. The molecule has 158 valence electrons. The molecule has 30 heavy (non-hydrogen) atoms. The number of hydrogen-bond acceptors (Lipinski definition) is 8. The highest BCUT2D eigenvalue weighted by molar-refractivity contribution is 9.10. The van der Waals surface area contributed by atoms with Gasteiger partial charge >= 0.3 is 0 Å². The molecule has 0 unspecified atom stereocenters. The van der Waals surface area contributed by atoms with Crippen LogP contribution in [-0.2, 0) is 19.2 Å². The van der Waals surface area contributed by atoms with Crippen LogP contribution in [0.4, 0.5) is 5.69 Å². The van der Waals surface area contributed by atoms with Crippen LogP contribution in [0.1, 0.15) is 31.2 Å². The van der Waals surface area contributed by atoms with E-state index in [2.05, 4.69) is 15.9 Å². The highest BCUT2D eigenvalue weighted by atomic mass is 79.9. The SMILES string of the molecule is O=C([O-])CCCCCN1C(=O)/C(=C2/C(=O)N(CC(=O)[O-])c3ccc(Br)cc32)SC1=S. The van der Waals surface area contributed by atoms with Gasteiger partial charge < -0.3 is 24.7 Å². The number of carboxylic acids is 2. The lowest BCUT2D eigenvalue weighted by Crippen LogP contribution is -2.39. The van der Waals surface area contributed by atoms with E-state index in [0.29, 0.717) is 45.9 Å². The van der Waals surface area contributed by atoms with Crippen molar-refractivity contribution < 1.29 is 29.4 Å². The molecule has 2 amide bonds. The van der Waals surface area contributed by atoms with Crippen LogP contribution in [0.25, 0.3) is 5.57 Å². The summed E-state index contributed by atoms with van der Waals surface area (Å²) in [5.74, 6) is -3.55. The van der Waals surface area contributed by atoms with Crippen LogP contribution in [0.5, 0.6) is 0 Å². The van der Waals surface area contributed by atoms with Gasteiger partial charge in [0.25, 0.3) is 11.8 Å². The number of benzene rings is 1. The number of carboxylic acid groups (broad SMARTS) is 2. The summed E-state index contributed by atoms with van der Waals surface area (Å²) >= 11 is 9.64. The Bertz CT molecular complexity index is 993. The van der Waals surface area contributed by atoms with Crippen molar-refractivity contribution in [2.24, 2.45) is 0 Å². The lowest BCUT2D eigenvalue weighted by molar-refractivity contribution is -0.306. The van der Waals surface area contributed by atoms with Crippen LogP contribution >= 0.6 is 39.9 Å². The number of amides is 2. The molecule has 11 heteroatoms. The Morgan fingerprint density at radius 3 is 2.43 bits per heavy atom. The molecule has 1 fully saturated rings. The van der Waals surface area contributed by atoms with Crippen molar-refractivity contribution in [3.05, 3.63) is 33.1 Å². The van der Waals surface area contributed by atoms with Crippen molar-refractivity contribution in [2.45, 2.75) is 25.7 Å². The van der Waals surface area contributed by atoms with E-state index in [0.717, 1.165) is 16.7 Å². The smallest absolute Gasteiger partial charge is 0.267 e. The number of thiocarbonyl (C=S) groups is 1. The van der Waals surface area contributed by atoms with Gasteiger partial charge in [-0.15, -0.1) is 0 Å². The first-order valence-corrected chi connectivity index (χ1v) is 11.0. The molecule has 3 rings (SSSR count). The fourth-order valence-corrected chi connectivity index (χ4v) is 5.01. The second-order valence-corrected chi connectivity index (χ2v) is 9.20. The maximum atomic E-state index is 13.0. The minimum Gasteiger partial charge on any atom is -0.550 e. The van der Waals surface area contributed by atoms with Crippen molar-refractivity contribution in [1.82, 2.24) is 4.90 Å². The van der Waals surface area contributed by atoms with E-state index in [1.807, 2.05) is 0 Å². The summed E-state index contributed by atoms with van der Waals surface area (Å²) < 4.78 is 0.968. The van der Waals surface area contributed by atoms with Crippen LogP contribution in [0.2, 0.25) is 0 Å². The highest BCUT2D eigenvalue weighted by Crippen LogP contribution is 2.45. The van der Waals surface area contributed by atoms with Crippen LogP contribution in [-0.4, -0.2) is 46.1 Å². The van der Waals surface area contributed by atoms with E-state index < -0.39 is 30.3 Å². The molecule has 2 aliphatic rings. The van der Waals surface area contributed by atoms with Gasteiger partial charge in [-0.05, 0) is 37.5 Å². The fraction of sp³-hybridized carbons (Fsp3) is 0.316. The second kappa shape index (κ2) is 9.27. The average molecular weight is 511 g/mol. The summed E-state index contributed by atoms with van der Waals surface area (Å²) in [5.41, 5.74) is 0.949. The molecule has 0 radical (unpaired) electrons. The van der Waals surface area contributed by atoms with Gasteiger partial charge in [-0.3, -0.25) is 14.5 Å². The molecule has 1 aromatic rings. The normalized spacial score (nSPS) is 18.4. The number of hydrogen-bond donors (Lipinski definition) is 0. The molecule has 0 saturated carbocycles. The Morgan fingerprint density at radius 1 is 1.03 bits per heavy atom. The van der Waals surface area contributed by atoms with Crippen LogP contribution in [0.15, 0.2) is 27.6 Å². The average Bonchev–Trinajstić information content (AvgIpc) is 3.08. The van der Waals surface area contributed by atoms with Gasteiger partial charge in [-0.25, -0.2) is 0 Å². The number of halogens is 1. The predicted molar refractivity (Wildman–Crippen MR) is 114 cm³/mol. The molecule has 1 saturated heterocycles. The monoisotopic (exact) mass is 510 g/mol. The van der Waals surface area contributed by atoms with Crippen molar-refractivity contribution in [3.63, 3.8) is 0 Å². The lowest BCUT2D eigenvalue weighted by atomic mass is 10.1. The zero-order valence-electron chi connectivity index (χ0n) is 15.5. The second-order valence-electron chi connectivity index (χ2n) is 6.64. The minimum atomic E-state index is -1.41. The van der Waals surface area contributed by atoms with Gasteiger partial charge in [0.1, 0.15) is 4.32 Å². The molecule has 0 atom stereocenters. The quantitative estimate of drug-likeness (QED) is 0.280. The topological polar surface area (TPSA) is 121 Å². The van der Waals surface area contributed by atoms with Gasteiger partial charge in [0.05, 0.1) is 28.7 Å². The van der Waals surface area contributed by atoms with E-state index in [4.69, 9.17) is 12.2 Å². The molecule has 2 aliphatic heterocycles. The van der Waals surface area contributed by atoms with Crippen molar-refractivity contribution in [2.75, 3.05) is 18.0 Å². The molecular formula is C19H15BrN2O6S2-2. The molecule has 1 aromatic carbocycles. The molecular weight excluding hydrogens is 496 g/mol. The number of carbonyl (C=O) groups is 4. The fourth-order valence-electron chi connectivity index (χ4n) is 3.27. The third-order valence-electron chi connectivity index (χ3n) is 4.60. The van der Waals surface area contributed by atoms with Gasteiger partial charge in [0.2, 0.25) is 0 Å².